The van der Waals surface area contributed by atoms with E-state index in [9.17, 15) is 14.0 Å². The third-order valence-corrected chi connectivity index (χ3v) is 5.62. The van der Waals surface area contributed by atoms with Crippen LogP contribution in [0.1, 0.15) is 23.1 Å². The fraction of sp³-hybridized carbons (Fsp3) is 0.364. The van der Waals surface area contributed by atoms with Gasteiger partial charge in [-0.3, -0.25) is 14.5 Å². The number of hydrogen-bond acceptors (Lipinski definition) is 3. The minimum atomic E-state index is -0.571. The van der Waals surface area contributed by atoms with Crippen molar-refractivity contribution in [2.75, 3.05) is 19.6 Å². The molecule has 1 N–H and O–H groups in total. The Balaban J connectivity index is 1.46. The van der Waals surface area contributed by atoms with E-state index in [1.165, 1.54) is 17.2 Å². The molecule has 1 fully saturated rings. The smallest absolute Gasteiger partial charge is 0.237 e. The summed E-state index contributed by atoms with van der Waals surface area (Å²) in [7, 11) is 0. The fourth-order valence-corrected chi connectivity index (χ4v) is 4.02. The summed E-state index contributed by atoms with van der Waals surface area (Å²) in [6.07, 6.45) is 0.945. The zero-order chi connectivity index (χ0) is 19.5. The Kier molecular flexibility index (Phi) is 5.39. The molecule has 28 heavy (non-hydrogen) atoms. The van der Waals surface area contributed by atoms with Crippen LogP contribution in [0.2, 0.25) is 0 Å². The van der Waals surface area contributed by atoms with Crippen LogP contribution >= 0.6 is 0 Å². The van der Waals surface area contributed by atoms with Crippen molar-refractivity contribution in [3.05, 3.63) is 71.0 Å². The number of piperazine rings is 1. The molecule has 2 aromatic rings. The van der Waals surface area contributed by atoms with Gasteiger partial charge in [0.2, 0.25) is 11.8 Å². The Morgan fingerprint density at radius 2 is 1.82 bits per heavy atom. The lowest BCUT2D eigenvalue weighted by Crippen LogP contribution is -2.56. The number of hydrogen-bond donors (Lipinski definition) is 1. The molecule has 6 heteroatoms. The summed E-state index contributed by atoms with van der Waals surface area (Å²) in [6, 6.07) is 14.2. The molecule has 2 aliphatic rings. The average Bonchev–Trinajstić information content (AvgIpc) is 2.71. The van der Waals surface area contributed by atoms with Crippen molar-refractivity contribution in [3.63, 3.8) is 0 Å². The lowest BCUT2D eigenvalue weighted by Gasteiger charge is -2.36. The van der Waals surface area contributed by atoms with E-state index in [1.54, 1.807) is 18.2 Å². The summed E-state index contributed by atoms with van der Waals surface area (Å²) in [5, 5.41) is 2.84. The topological polar surface area (TPSA) is 52.7 Å². The molecule has 0 unspecified atom stereocenters. The van der Waals surface area contributed by atoms with Crippen molar-refractivity contribution < 1.29 is 14.0 Å². The van der Waals surface area contributed by atoms with Crippen LogP contribution in [0.25, 0.3) is 0 Å². The second-order valence-electron chi connectivity index (χ2n) is 7.41. The highest BCUT2D eigenvalue weighted by Gasteiger charge is 2.33. The Morgan fingerprint density at radius 1 is 1.07 bits per heavy atom. The molecule has 0 bridgehead atoms. The number of fused-ring (bicyclic) bond motifs is 1. The van der Waals surface area contributed by atoms with Crippen molar-refractivity contribution in [3.8, 4) is 0 Å². The quantitative estimate of drug-likeness (QED) is 0.883. The first-order valence-corrected chi connectivity index (χ1v) is 9.71. The van der Waals surface area contributed by atoms with Gasteiger partial charge in [-0.25, -0.2) is 4.39 Å². The second-order valence-corrected chi connectivity index (χ2v) is 7.41. The van der Waals surface area contributed by atoms with Crippen LogP contribution < -0.4 is 5.32 Å². The van der Waals surface area contributed by atoms with Crippen LogP contribution in [0.3, 0.4) is 0 Å². The first-order chi connectivity index (χ1) is 13.6. The van der Waals surface area contributed by atoms with E-state index < -0.39 is 6.04 Å². The molecular formula is C22H24FN3O2. The van der Waals surface area contributed by atoms with Gasteiger partial charge < -0.3 is 10.2 Å². The third kappa shape index (κ3) is 3.92. The number of nitrogens with zero attached hydrogens (tertiary/aromatic N) is 2. The summed E-state index contributed by atoms with van der Waals surface area (Å²) >= 11 is 0. The summed E-state index contributed by atoms with van der Waals surface area (Å²) < 4.78 is 14.1. The first-order valence-electron chi connectivity index (χ1n) is 9.71. The summed E-state index contributed by atoms with van der Waals surface area (Å²) in [4.78, 5) is 29.1. The number of halogens is 1. The predicted molar refractivity (Wildman–Crippen MR) is 104 cm³/mol. The maximum atomic E-state index is 14.1. The SMILES string of the molecule is O=C1NCCN(Cc2ccccc2F)[C@H]1CC(=O)N1CCc2ccccc2C1. The number of carbonyl (C=O) groups excluding carboxylic acids is 2. The lowest BCUT2D eigenvalue weighted by atomic mass is 9.99. The van der Waals surface area contributed by atoms with Crippen LogP contribution in [0, 0.1) is 5.82 Å². The highest BCUT2D eigenvalue weighted by molar-refractivity contribution is 5.89. The molecule has 5 nitrogen and oxygen atoms in total. The van der Waals surface area contributed by atoms with Crippen LogP contribution in [0.4, 0.5) is 4.39 Å². The van der Waals surface area contributed by atoms with Crippen molar-refractivity contribution in [1.29, 1.82) is 0 Å². The molecule has 0 spiro atoms. The molecule has 4 rings (SSSR count). The van der Waals surface area contributed by atoms with Crippen LogP contribution in [0.15, 0.2) is 48.5 Å². The molecule has 2 heterocycles. The Labute approximate surface area is 164 Å². The number of benzene rings is 2. The average molecular weight is 381 g/mol. The molecule has 146 valence electrons. The molecule has 1 atom stereocenters. The highest BCUT2D eigenvalue weighted by Crippen LogP contribution is 2.21. The molecule has 0 aliphatic carbocycles. The number of rotatable bonds is 4. The van der Waals surface area contributed by atoms with E-state index in [-0.39, 0.29) is 24.1 Å². The minimum Gasteiger partial charge on any atom is -0.353 e. The largest absolute Gasteiger partial charge is 0.353 e. The van der Waals surface area contributed by atoms with E-state index >= 15 is 0 Å². The van der Waals surface area contributed by atoms with Gasteiger partial charge in [0, 0.05) is 38.3 Å². The molecule has 1 saturated heterocycles. The Hall–Kier alpha value is -2.73. The van der Waals surface area contributed by atoms with Crippen molar-refractivity contribution in [1.82, 2.24) is 15.1 Å². The molecule has 2 aromatic carbocycles. The molecule has 0 aromatic heterocycles. The van der Waals surface area contributed by atoms with Crippen LogP contribution in [-0.4, -0.2) is 47.3 Å². The minimum absolute atomic E-state index is 0.0323. The molecular weight excluding hydrogens is 357 g/mol. The van der Waals surface area contributed by atoms with E-state index in [4.69, 9.17) is 0 Å². The number of nitrogens with one attached hydrogen (secondary N) is 1. The zero-order valence-electron chi connectivity index (χ0n) is 15.7. The van der Waals surface area contributed by atoms with Gasteiger partial charge in [0.05, 0.1) is 12.5 Å². The Bertz CT molecular complexity index is 886. The van der Waals surface area contributed by atoms with Crippen molar-refractivity contribution >= 4 is 11.8 Å². The van der Waals surface area contributed by atoms with Gasteiger partial charge in [-0.05, 0) is 23.6 Å². The van der Waals surface area contributed by atoms with Gasteiger partial charge in [0.25, 0.3) is 0 Å². The van der Waals surface area contributed by atoms with Gasteiger partial charge in [-0.1, -0.05) is 42.5 Å². The van der Waals surface area contributed by atoms with Gasteiger partial charge in [0.1, 0.15) is 5.82 Å². The molecule has 2 amide bonds. The molecule has 0 radical (unpaired) electrons. The Morgan fingerprint density at radius 3 is 2.64 bits per heavy atom. The van der Waals surface area contributed by atoms with Crippen molar-refractivity contribution in [2.24, 2.45) is 0 Å². The van der Waals surface area contributed by atoms with Gasteiger partial charge in [0.15, 0.2) is 0 Å². The second kappa shape index (κ2) is 8.10. The standard InChI is InChI=1S/C22H24FN3O2/c23-19-8-4-3-7-18(19)15-25-12-10-24-22(28)20(25)13-21(27)26-11-9-16-5-1-2-6-17(16)14-26/h1-8,20H,9-15H2,(H,24,28)/t20-/m0/s1. The van der Waals surface area contributed by atoms with Crippen LogP contribution in [0.5, 0.6) is 0 Å². The summed E-state index contributed by atoms with van der Waals surface area (Å²) in [5.41, 5.74) is 2.99. The highest BCUT2D eigenvalue weighted by atomic mass is 19.1. The van der Waals surface area contributed by atoms with E-state index in [1.807, 2.05) is 28.0 Å². The maximum absolute atomic E-state index is 14.1. The lowest BCUT2D eigenvalue weighted by molar-refractivity contribution is -0.139. The molecule has 0 saturated carbocycles. The van der Waals surface area contributed by atoms with E-state index in [0.29, 0.717) is 38.3 Å². The maximum Gasteiger partial charge on any atom is 0.237 e. The van der Waals surface area contributed by atoms with E-state index in [0.717, 1.165) is 6.42 Å². The van der Waals surface area contributed by atoms with Gasteiger partial charge in [-0.2, -0.15) is 0 Å². The zero-order valence-corrected chi connectivity index (χ0v) is 15.7. The van der Waals surface area contributed by atoms with Gasteiger partial charge >= 0.3 is 0 Å². The summed E-state index contributed by atoms with van der Waals surface area (Å²) in [6.45, 7) is 2.67. The number of carbonyl (C=O) groups is 2. The van der Waals surface area contributed by atoms with Gasteiger partial charge in [-0.15, -0.1) is 0 Å². The molecule has 2 aliphatic heterocycles. The third-order valence-electron chi connectivity index (χ3n) is 5.62. The monoisotopic (exact) mass is 381 g/mol. The first kappa shape index (κ1) is 18.6. The normalized spacial score (nSPS) is 19.8. The summed E-state index contributed by atoms with van der Waals surface area (Å²) in [5.74, 6) is -0.477. The van der Waals surface area contributed by atoms with Crippen molar-refractivity contribution in [2.45, 2.75) is 32.0 Å². The van der Waals surface area contributed by atoms with E-state index in [2.05, 4.69) is 11.4 Å². The van der Waals surface area contributed by atoms with Crippen LogP contribution in [-0.2, 0) is 29.1 Å². The predicted octanol–water partition coefficient (Wildman–Crippen LogP) is 2.10. The fourth-order valence-electron chi connectivity index (χ4n) is 4.02. The number of amides is 2.